The number of benzene rings is 1. The second-order valence-electron chi connectivity index (χ2n) is 9.07. The van der Waals surface area contributed by atoms with Crippen molar-refractivity contribution in [2.45, 2.75) is 32.2 Å². The number of amides is 4. The van der Waals surface area contributed by atoms with E-state index < -0.39 is 11.6 Å². The molecule has 31 heavy (non-hydrogen) atoms. The number of carbonyl (C=O) groups is 3. The maximum atomic E-state index is 13.1. The molecule has 0 aromatic heterocycles. The SMILES string of the molecule is Cc1ccc([C@@]2(C)NC(=O)N(CC(=O)N3CCC[C@H](CN4CCOCC4)C3)C2=O)cc1. The first-order valence-corrected chi connectivity index (χ1v) is 11.2. The van der Waals surface area contributed by atoms with Crippen LogP contribution in [0.3, 0.4) is 0 Å². The molecule has 3 fully saturated rings. The highest BCUT2D eigenvalue weighted by molar-refractivity contribution is 6.09. The molecule has 3 heterocycles. The highest BCUT2D eigenvalue weighted by Crippen LogP contribution is 2.29. The van der Waals surface area contributed by atoms with Crippen molar-refractivity contribution in [1.29, 1.82) is 0 Å². The number of urea groups is 1. The lowest BCUT2D eigenvalue weighted by Gasteiger charge is -2.37. The molecule has 2 atom stereocenters. The van der Waals surface area contributed by atoms with Crippen molar-refractivity contribution in [2.24, 2.45) is 5.92 Å². The quantitative estimate of drug-likeness (QED) is 0.716. The molecule has 0 spiro atoms. The van der Waals surface area contributed by atoms with Crippen LogP contribution in [-0.4, -0.2) is 85.0 Å². The van der Waals surface area contributed by atoms with Crippen molar-refractivity contribution in [1.82, 2.24) is 20.0 Å². The number of morpholine rings is 1. The number of piperidine rings is 1. The summed E-state index contributed by atoms with van der Waals surface area (Å²) in [6.45, 7) is 9.17. The predicted molar refractivity (Wildman–Crippen MR) is 115 cm³/mol. The largest absolute Gasteiger partial charge is 0.379 e. The second-order valence-corrected chi connectivity index (χ2v) is 9.07. The van der Waals surface area contributed by atoms with Gasteiger partial charge in [0.25, 0.3) is 5.91 Å². The smallest absolute Gasteiger partial charge is 0.325 e. The van der Waals surface area contributed by atoms with Crippen LogP contribution >= 0.6 is 0 Å². The molecule has 1 aromatic rings. The zero-order valence-corrected chi connectivity index (χ0v) is 18.4. The van der Waals surface area contributed by atoms with E-state index in [1.54, 1.807) is 6.92 Å². The number of likely N-dealkylation sites (tertiary alicyclic amines) is 1. The van der Waals surface area contributed by atoms with E-state index in [4.69, 9.17) is 4.74 Å². The number of carbonyl (C=O) groups excluding carboxylic acids is 3. The zero-order valence-electron chi connectivity index (χ0n) is 18.4. The average Bonchev–Trinajstić information content (AvgIpc) is 2.99. The molecule has 4 rings (SSSR count). The predicted octanol–water partition coefficient (Wildman–Crippen LogP) is 1.33. The molecule has 3 aliphatic rings. The number of ether oxygens (including phenoxy) is 1. The molecule has 0 saturated carbocycles. The minimum atomic E-state index is -1.15. The standard InChI is InChI=1S/C23H32N4O4/c1-17-5-7-19(8-6-17)23(2)21(29)27(22(30)24-23)16-20(28)26-9-3-4-18(15-26)14-25-10-12-31-13-11-25/h5-8,18H,3-4,9-16H2,1-2H3,(H,24,30)/t18-,23-/m1/s1. The van der Waals surface area contributed by atoms with E-state index in [1.165, 1.54) is 0 Å². The molecule has 0 bridgehead atoms. The number of hydrogen-bond acceptors (Lipinski definition) is 5. The Morgan fingerprint density at radius 2 is 1.87 bits per heavy atom. The molecule has 8 nitrogen and oxygen atoms in total. The van der Waals surface area contributed by atoms with Crippen LogP contribution in [0.4, 0.5) is 4.79 Å². The van der Waals surface area contributed by atoms with E-state index in [9.17, 15) is 14.4 Å². The van der Waals surface area contributed by atoms with E-state index in [0.29, 0.717) is 19.0 Å². The van der Waals surface area contributed by atoms with Gasteiger partial charge in [0.2, 0.25) is 5.91 Å². The lowest BCUT2D eigenvalue weighted by molar-refractivity contribution is -0.140. The molecular formula is C23H32N4O4. The van der Waals surface area contributed by atoms with Crippen LogP contribution < -0.4 is 5.32 Å². The minimum Gasteiger partial charge on any atom is -0.379 e. The molecule has 1 aromatic carbocycles. The lowest BCUT2D eigenvalue weighted by atomic mass is 9.91. The molecule has 1 N–H and O–H groups in total. The fraction of sp³-hybridized carbons (Fsp3) is 0.609. The number of imide groups is 1. The lowest BCUT2D eigenvalue weighted by Crippen LogP contribution is -2.49. The maximum Gasteiger partial charge on any atom is 0.325 e. The van der Waals surface area contributed by atoms with Gasteiger partial charge in [-0.1, -0.05) is 29.8 Å². The van der Waals surface area contributed by atoms with Crippen LogP contribution in [0.5, 0.6) is 0 Å². The summed E-state index contributed by atoms with van der Waals surface area (Å²) in [5.74, 6) is -0.128. The maximum absolute atomic E-state index is 13.1. The first-order valence-electron chi connectivity index (χ1n) is 11.2. The molecule has 0 radical (unpaired) electrons. The van der Waals surface area contributed by atoms with Crippen molar-refractivity contribution in [2.75, 3.05) is 52.5 Å². The molecule has 3 aliphatic heterocycles. The molecular weight excluding hydrogens is 396 g/mol. The van der Waals surface area contributed by atoms with Gasteiger partial charge < -0.3 is 15.0 Å². The molecule has 0 aliphatic carbocycles. The fourth-order valence-electron chi connectivity index (χ4n) is 4.75. The Balaban J connectivity index is 1.37. The van der Waals surface area contributed by atoms with Crippen LogP contribution in [-0.2, 0) is 19.9 Å². The topological polar surface area (TPSA) is 82.2 Å². The van der Waals surface area contributed by atoms with Gasteiger partial charge in [-0.25, -0.2) is 4.79 Å². The molecule has 0 unspecified atom stereocenters. The van der Waals surface area contributed by atoms with Gasteiger partial charge in [0.1, 0.15) is 12.1 Å². The number of hydrogen-bond donors (Lipinski definition) is 1. The van der Waals surface area contributed by atoms with Gasteiger partial charge >= 0.3 is 6.03 Å². The monoisotopic (exact) mass is 428 g/mol. The van der Waals surface area contributed by atoms with Gasteiger partial charge in [-0.15, -0.1) is 0 Å². The van der Waals surface area contributed by atoms with Crippen LogP contribution in [0.15, 0.2) is 24.3 Å². The van der Waals surface area contributed by atoms with E-state index >= 15 is 0 Å². The number of aryl methyl sites for hydroxylation is 1. The fourth-order valence-corrected chi connectivity index (χ4v) is 4.75. The number of nitrogens with one attached hydrogen (secondary N) is 1. The Bertz CT molecular complexity index is 836. The number of nitrogens with zero attached hydrogens (tertiary/aromatic N) is 3. The highest BCUT2D eigenvalue weighted by Gasteiger charge is 2.49. The zero-order chi connectivity index (χ0) is 22.0. The third-order valence-electron chi connectivity index (χ3n) is 6.69. The summed E-state index contributed by atoms with van der Waals surface area (Å²) in [4.78, 5) is 44.0. The summed E-state index contributed by atoms with van der Waals surface area (Å²) in [7, 11) is 0. The summed E-state index contributed by atoms with van der Waals surface area (Å²) >= 11 is 0. The summed E-state index contributed by atoms with van der Waals surface area (Å²) in [6.07, 6.45) is 2.04. The van der Waals surface area contributed by atoms with Crippen molar-refractivity contribution in [3.63, 3.8) is 0 Å². The Morgan fingerprint density at radius 3 is 2.58 bits per heavy atom. The summed E-state index contributed by atoms with van der Waals surface area (Å²) < 4.78 is 5.42. The second kappa shape index (κ2) is 8.96. The average molecular weight is 429 g/mol. The summed E-state index contributed by atoms with van der Waals surface area (Å²) in [5, 5.41) is 2.79. The van der Waals surface area contributed by atoms with Gasteiger partial charge in [-0.05, 0) is 38.2 Å². The third kappa shape index (κ3) is 4.60. The van der Waals surface area contributed by atoms with Crippen LogP contribution in [0.25, 0.3) is 0 Å². The van der Waals surface area contributed by atoms with Crippen molar-refractivity contribution >= 4 is 17.8 Å². The van der Waals surface area contributed by atoms with Gasteiger partial charge in [0.05, 0.1) is 13.2 Å². The van der Waals surface area contributed by atoms with Crippen LogP contribution in [0, 0.1) is 12.8 Å². The van der Waals surface area contributed by atoms with Crippen LogP contribution in [0.1, 0.15) is 30.9 Å². The van der Waals surface area contributed by atoms with Crippen molar-refractivity contribution in [3.05, 3.63) is 35.4 Å². The van der Waals surface area contributed by atoms with E-state index in [-0.39, 0.29) is 18.4 Å². The third-order valence-corrected chi connectivity index (χ3v) is 6.69. The minimum absolute atomic E-state index is 0.164. The molecule has 3 saturated heterocycles. The number of rotatable bonds is 5. The van der Waals surface area contributed by atoms with Gasteiger partial charge in [-0.2, -0.15) is 0 Å². The van der Waals surface area contributed by atoms with E-state index in [0.717, 1.165) is 61.7 Å². The molecule has 168 valence electrons. The van der Waals surface area contributed by atoms with Crippen molar-refractivity contribution in [3.8, 4) is 0 Å². The normalized spacial score (nSPS) is 27.5. The Morgan fingerprint density at radius 1 is 1.16 bits per heavy atom. The Labute approximate surface area is 183 Å². The van der Waals surface area contributed by atoms with Gasteiger partial charge in [0.15, 0.2) is 0 Å². The Kier molecular flexibility index (Phi) is 6.29. The first-order chi connectivity index (χ1) is 14.9. The van der Waals surface area contributed by atoms with Crippen molar-refractivity contribution < 1.29 is 19.1 Å². The molecule has 8 heteroatoms. The first kappa shape index (κ1) is 21.8. The van der Waals surface area contributed by atoms with Gasteiger partial charge in [-0.3, -0.25) is 19.4 Å². The molecule has 4 amide bonds. The Hall–Kier alpha value is -2.45. The van der Waals surface area contributed by atoms with E-state index in [2.05, 4.69) is 10.2 Å². The summed E-state index contributed by atoms with van der Waals surface area (Å²) in [5.41, 5.74) is 0.647. The van der Waals surface area contributed by atoms with E-state index in [1.807, 2.05) is 36.1 Å². The van der Waals surface area contributed by atoms with Gasteiger partial charge in [0, 0.05) is 32.7 Å². The highest BCUT2D eigenvalue weighted by atomic mass is 16.5. The van der Waals surface area contributed by atoms with Crippen LogP contribution in [0.2, 0.25) is 0 Å². The summed E-state index contributed by atoms with van der Waals surface area (Å²) in [6, 6.07) is 7.01.